The van der Waals surface area contributed by atoms with Crippen molar-refractivity contribution in [2.75, 3.05) is 5.32 Å². The molecule has 0 aliphatic carbocycles. The topological polar surface area (TPSA) is 21.3 Å². The zero-order valence-corrected chi connectivity index (χ0v) is 18.3. The number of nitrogens with one attached hydrogen (secondary N) is 1. The number of rotatable bonds is 6. The molecule has 0 spiro atoms. The van der Waals surface area contributed by atoms with Gasteiger partial charge in [-0.3, -0.25) is 0 Å². The Morgan fingerprint density at radius 1 is 0.926 bits per heavy atom. The Balaban J connectivity index is 1.77. The third-order valence-electron chi connectivity index (χ3n) is 4.37. The van der Waals surface area contributed by atoms with Gasteiger partial charge in [0.2, 0.25) is 0 Å². The molecule has 27 heavy (non-hydrogen) atoms. The van der Waals surface area contributed by atoms with Crippen molar-refractivity contribution in [3.63, 3.8) is 0 Å². The molecular formula is C22H20BrCl2NO. The summed E-state index contributed by atoms with van der Waals surface area (Å²) in [5, 5.41) is 4.53. The second-order valence-corrected chi connectivity index (χ2v) is 8.20. The molecule has 0 fully saturated rings. The van der Waals surface area contributed by atoms with E-state index in [0.29, 0.717) is 28.9 Å². The third-order valence-corrected chi connectivity index (χ3v) is 5.40. The van der Waals surface area contributed by atoms with Gasteiger partial charge >= 0.3 is 0 Å². The summed E-state index contributed by atoms with van der Waals surface area (Å²) < 4.78 is 7.07. The van der Waals surface area contributed by atoms with Crippen LogP contribution >= 0.6 is 39.1 Å². The molecule has 0 saturated heterocycles. The van der Waals surface area contributed by atoms with Gasteiger partial charge in [0.05, 0.1) is 5.02 Å². The third kappa shape index (κ3) is 5.41. The molecule has 140 valence electrons. The minimum atomic E-state index is 0.436. The van der Waals surface area contributed by atoms with Crippen LogP contribution in [-0.2, 0) is 13.2 Å². The molecule has 3 aromatic carbocycles. The maximum Gasteiger partial charge on any atom is 0.143 e. The summed E-state index contributed by atoms with van der Waals surface area (Å²) in [4.78, 5) is 0. The Morgan fingerprint density at radius 3 is 2.37 bits per heavy atom. The van der Waals surface area contributed by atoms with E-state index in [1.807, 2.05) is 30.3 Å². The minimum absolute atomic E-state index is 0.436. The van der Waals surface area contributed by atoms with Crippen molar-refractivity contribution in [2.24, 2.45) is 0 Å². The van der Waals surface area contributed by atoms with Gasteiger partial charge in [-0.15, -0.1) is 0 Å². The quantitative estimate of drug-likeness (QED) is 0.406. The van der Waals surface area contributed by atoms with Crippen molar-refractivity contribution in [1.82, 2.24) is 0 Å². The molecule has 2 nitrogen and oxygen atoms in total. The molecule has 0 saturated carbocycles. The lowest BCUT2D eigenvalue weighted by atomic mass is 10.1. The van der Waals surface area contributed by atoms with E-state index < -0.39 is 0 Å². The van der Waals surface area contributed by atoms with Gasteiger partial charge in [-0.2, -0.15) is 0 Å². The Labute approximate surface area is 178 Å². The molecule has 0 amide bonds. The van der Waals surface area contributed by atoms with Crippen LogP contribution in [0.3, 0.4) is 0 Å². The fraction of sp³-hybridized carbons (Fsp3) is 0.182. The average molecular weight is 465 g/mol. The predicted octanol–water partition coefficient (Wildman–Crippen LogP) is 7.56. The fourth-order valence-electron chi connectivity index (χ4n) is 2.69. The maximum atomic E-state index is 6.41. The zero-order chi connectivity index (χ0) is 19.4. The maximum absolute atomic E-state index is 6.41. The molecule has 0 aliphatic heterocycles. The second kappa shape index (κ2) is 9.01. The summed E-state index contributed by atoms with van der Waals surface area (Å²) >= 11 is 16.1. The van der Waals surface area contributed by atoms with Crippen LogP contribution in [0.5, 0.6) is 5.75 Å². The van der Waals surface area contributed by atoms with Crippen molar-refractivity contribution in [2.45, 2.75) is 27.0 Å². The summed E-state index contributed by atoms with van der Waals surface area (Å²) in [6.45, 7) is 5.21. The standard InChI is InChI=1S/C22H20BrCl2NO/c1-14-3-8-20(9-15(14)2)26-12-17-10-19(24)11-21(25)22(17)27-13-16-4-6-18(23)7-5-16/h3-11,26H,12-13H2,1-2H3. The highest BCUT2D eigenvalue weighted by molar-refractivity contribution is 9.10. The smallest absolute Gasteiger partial charge is 0.143 e. The zero-order valence-electron chi connectivity index (χ0n) is 15.2. The van der Waals surface area contributed by atoms with E-state index in [-0.39, 0.29) is 0 Å². The van der Waals surface area contributed by atoms with E-state index in [1.54, 1.807) is 6.07 Å². The van der Waals surface area contributed by atoms with Crippen LogP contribution in [0.2, 0.25) is 10.0 Å². The SMILES string of the molecule is Cc1ccc(NCc2cc(Cl)cc(Cl)c2OCc2ccc(Br)cc2)cc1C. The van der Waals surface area contributed by atoms with Crippen LogP contribution < -0.4 is 10.1 Å². The second-order valence-electron chi connectivity index (χ2n) is 6.44. The van der Waals surface area contributed by atoms with Crippen LogP contribution in [0.1, 0.15) is 22.3 Å². The molecule has 0 unspecified atom stereocenters. The van der Waals surface area contributed by atoms with Crippen LogP contribution in [0.25, 0.3) is 0 Å². The number of hydrogen-bond donors (Lipinski definition) is 1. The number of halogens is 3. The van der Waals surface area contributed by atoms with Gasteiger partial charge in [0.15, 0.2) is 0 Å². The van der Waals surface area contributed by atoms with E-state index >= 15 is 0 Å². The van der Waals surface area contributed by atoms with Crippen molar-refractivity contribution in [3.05, 3.63) is 91.4 Å². The normalized spacial score (nSPS) is 10.7. The number of ether oxygens (including phenoxy) is 1. The van der Waals surface area contributed by atoms with Gasteiger partial charge in [-0.1, -0.05) is 57.3 Å². The molecule has 1 N–H and O–H groups in total. The molecule has 0 heterocycles. The highest BCUT2D eigenvalue weighted by Gasteiger charge is 2.12. The fourth-order valence-corrected chi connectivity index (χ4v) is 3.55. The average Bonchev–Trinajstić information content (AvgIpc) is 2.63. The first kappa shape index (κ1) is 20.1. The van der Waals surface area contributed by atoms with E-state index in [9.17, 15) is 0 Å². The number of benzene rings is 3. The Kier molecular flexibility index (Phi) is 6.69. The largest absolute Gasteiger partial charge is 0.487 e. The van der Waals surface area contributed by atoms with Crippen LogP contribution in [0.15, 0.2) is 59.1 Å². The molecule has 3 rings (SSSR count). The first-order valence-electron chi connectivity index (χ1n) is 8.58. The van der Waals surface area contributed by atoms with Gasteiger partial charge in [0, 0.05) is 27.3 Å². The molecule has 0 aliphatic rings. The molecular weight excluding hydrogens is 445 g/mol. The lowest BCUT2D eigenvalue weighted by Crippen LogP contribution is -2.05. The van der Waals surface area contributed by atoms with Crippen molar-refractivity contribution >= 4 is 44.8 Å². The summed E-state index contributed by atoms with van der Waals surface area (Å²) in [5.41, 5.74) is 5.55. The van der Waals surface area contributed by atoms with Crippen molar-refractivity contribution < 1.29 is 4.74 Å². The van der Waals surface area contributed by atoms with Gasteiger partial charge < -0.3 is 10.1 Å². The minimum Gasteiger partial charge on any atom is -0.487 e. The van der Waals surface area contributed by atoms with Crippen molar-refractivity contribution in [1.29, 1.82) is 0 Å². The first-order chi connectivity index (χ1) is 12.9. The van der Waals surface area contributed by atoms with E-state index in [1.165, 1.54) is 11.1 Å². The monoisotopic (exact) mass is 463 g/mol. The number of hydrogen-bond acceptors (Lipinski definition) is 2. The molecule has 0 bridgehead atoms. The van der Waals surface area contributed by atoms with E-state index in [0.717, 1.165) is 21.3 Å². The summed E-state index contributed by atoms with van der Waals surface area (Å²) in [5.74, 6) is 0.653. The molecule has 0 atom stereocenters. The van der Waals surface area contributed by atoms with Gasteiger partial charge in [0.25, 0.3) is 0 Å². The highest BCUT2D eigenvalue weighted by atomic mass is 79.9. The van der Waals surface area contributed by atoms with Gasteiger partial charge in [0.1, 0.15) is 12.4 Å². The predicted molar refractivity (Wildman–Crippen MR) is 118 cm³/mol. The van der Waals surface area contributed by atoms with Gasteiger partial charge in [-0.05, 0) is 66.9 Å². The Hall–Kier alpha value is -1.68. The molecule has 0 aromatic heterocycles. The molecule has 0 radical (unpaired) electrons. The van der Waals surface area contributed by atoms with Crippen molar-refractivity contribution in [3.8, 4) is 5.75 Å². The van der Waals surface area contributed by atoms with Crippen LogP contribution in [0, 0.1) is 13.8 Å². The summed E-state index contributed by atoms with van der Waals surface area (Å²) in [7, 11) is 0. The lowest BCUT2D eigenvalue weighted by Gasteiger charge is -2.16. The number of aryl methyl sites for hydroxylation is 2. The summed E-state index contributed by atoms with van der Waals surface area (Å²) in [6, 6.07) is 17.9. The van der Waals surface area contributed by atoms with Gasteiger partial charge in [-0.25, -0.2) is 0 Å². The number of anilines is 1. The Bertz CT molecular complexity index is 942. The first-order valence-corrected chi connectivity index (χ1v) is 10.1. The highest BCUT2D eigenvalue weighted by Crippen LogP contribution is 2.34. The van der Waals surface area contributed by atoms with Crippen LogP contribution in [0.4, 0.5) is 5.69 Å². The molecule has 3 aromatic rings. The van der Waals surface area contributed by atoms with E-state index in [4.69, 9.17) is 27.9 Å². The lowest BCUT2D eigenvalue weighted by molar-refractivity contribution is 0.303. The van der Waals surface area contributed by atoms with E-state index in [2.05, 4.69) is 53.3 Å². The molecule has 5 heteroatoms. The van der Waals surface area contributed by atoms with Crippen LogP contribution in [-0.4, -0.2) is 0 Å². The summed E-state index contributed by atoms with van der Waals surface area (Å²) in [6.07, 6.45) is 0. The Morgan fingerprint density at radius 2 is 1.67 bits per heavy atom.